The molecule has 4 rings (SSSR count). The first-order valence-corrected chi connectivity index (χ1v) is 9.61. The van der Waals surface area contributed by atoms with Crippen molar-refractivity contribution >= 4 is 5.84 Å². The molecule has 0 radical (unpaired) electrons. The van der Waals surface area contributed by atoms with E-state index in [0.29, 0.717) is 38.2 Å². The van der Waals surface area contributed by atoms with Crippen LogP contribution in [0.1, 0.15) is 24.0 Å². The zero-order chi connectivity index (χ0) is 19.4. The van der Waals surface area contributed by atoms with Gasteiger partial charge in [0.1, 0.15) is 5.84 Å². The summed E-state index contributed by atoms with van der Waals surface area (Å²) in [4.78, 5) is 2.06. The fraction of sp³-hybridized carbons (Fsp3) is 0.261. The van der Waals surface area contributed by atoms with Crippen molar-refractivity contribution in [2.24, 2.45) is 0 Å². The number of hydrogen-bond donors (Lipinski definition) is 2. The number of aromatic nitrogens is 2. The maximum Gasteiger partial charge on any atom is 0.128 e. The summed E-state index contributed by atoms with van der Waals surface area (Å²) in [6.45, 7) is 1.34. The molecule has 1 aromatic heterocycles. The molecule has 1 aliphatic rings. The highest BCUT2D eigenvalue weighted by Gasteiger charge is 2.33. The molecule has 0 bridgehead atoms. The first kappa shape index (κ1) is 18.3. The monoisotopic (exact) mass is 372 g/mol. The second kappa shape index (κ2) is 7.90. The van der Waals surface area contributed by atoms with Crippen molar-refractivity contribution in [3.8, 4) is 11.1 Å². The van der Waals surface area contributed by atoms with E-state index in [2.05, 4.69) is 27.2 Å². The van der Waals surface area contributed by atoms with E-state index >= 15 is 0 Å². The first-order chi connectivity index (χ1) is 13.6. The van der Waals surface area contributed by atoms with Crippen LogP contribution >= 0.6 is 0 Å². The number of aliphatic hydroxyl groups is 1. The van der Waals surface area contributed by atoms with Crippen LogP contribution in [0.4, 0.5) is 0 Å². The lowest BCUT2D eigenvalue weighted by molar-refractivity contribution is -0.00690. The molecule has 5 nitrogen and oxygen atoms in total. The Morgan fingerprint density at radius 1 is 0.964 bits per heavy atom. The first-order valence-electron chi connectivity index (χ1n) is 9.61. The van der Waals surface area contributed by atoms with Crippen molar-refractivity contribution in [1.82, 2.24) is 15.1 Å². The van der Waals surface area contributed by atoms with Gasteiger partial charge in [0.15, 0.2) is 0 Å². The standard InChI is InChI=1S/C23H24N4O/c24-22(21-9-5-4-8-20(21)19-10-13-25-26-17-19)27-14-11-23(28,12-15-27)16-18-6-2-1-3-7-18/h1-10,13,17,24,28H,11-12,14-16H2. The van der Waals surface area contributed by atoms with Gasteiger partial charge >= 0.3 is 0 Å². The van der Waals surface area contributed by atoms with Crippen molar-refractivity contribution in [2.75, 3.05) is 13.1 Å². The Kier molecular flexibility index (Phi) is 5.17. The summed E-state index contributed by atoms with van der Waals surface area (Å²) in [5, 5.41) is 27.6. The van der Waals surface area contributed by atoms with E-state index in [1.54, 1.807) is 12.4 Å². The summed E-state index contributed by atoms with van der Waals surface area (Å²) in [5.41, 5.74) is 3.26. The average molecular weight is 372 g/mol. The minimum Gasteiger partial charge on any atom is -0.389 e. The Labute approximate surface area is 165 Å². The van der Waals surface area contributed by atoms with Crippen LogP contribution in [0.25, 0.3) is 11.1 Å². The minimum atomic E-state index is -0.702. The highest BCUT2D eigenvalue weighted by Crippen LogP contribution is 2.29. The van der Waals surface area contributed by atoms with Crippen LogP contribution in [0.3, 0.4) is 0 Å². The van der Waals surface area contributed by atoms with E-state index in [-0.39, 0.29) is 0 Å². The van der Waals surface area contributed by atoms with Gasteiger partial charge in [0, 0.05) is 30.6 Å². The molecule has 2 heterocycles. The van der Waals surface area contributed by atoms with Gasteiger partial charge in [-0.1, -0.05) is 54.6 Å². The van der Waals surface area contributed by atoms with Crippen LogP contribution in [-0.4, -0.2) is 44.7 Å². The third-order valence-electron chi connectivity index (χ3n) is 5.46. The number of piperidine rings is 1. The third kappa shape index (κ3) is 3.94. The van der Waals surface area contributed by atoms with E-state index < -0.39 is 5.60 Å². The Morgan fingerprint density at radius 3 is 2.39 bits per heavy atom. The molecule has 142 valence electrons. The molecule has 1 aliphatic heterocycles. The topological polar surface area (TPSA) is 73.1 Å². The van der Waals surface area contributed by atoms with Crippen molar-refractivity contribution in [1.29, 1.82) is 5.41 Å². The van der Waals surface area contributed by atoms with Crippen molar-refractivity contribution in [3.63, 3.8) is 0 Å². The van der Waals surface area contributed by atoms with Crippen LogP contribution in [0, 0.1) is 5.41 Å². The highest BCUT2D eigenvalue weighted by atomic mass is 16.3. The van der Waals surface area contributed by atoms with Gasteiger partial charge < -0.3 is 10.0 Å². The molecule has 2 aromatic carbocycles. The third-order valence-corrected chi connectivity index (χ3v) is 5.46. The lowest BCUT2D eigenvalue weighted by Crippen LogP contribution is -2.47. The fourth-order valence-electron chi connectivity index (χ4n) is 3.86. The molecule has 0 spiro atoms. The van der Waals surface area contributed by atoms with Gasteiger partial charge in [-0.2, -0.15) is 10.2 Å². The van der Waals surface area contributed by atoms with E-state index in [4.69, 9.17) is 5.41 Å². The normalized spacial score (nSPS) is 16.0. The van der Waals surface area contributed by atoms with Gasteiger partial charge in [-0.05, 0) is 30.0 Å². The van der Waals surface area contributed by atoms with Crippen molar-refractivity contribution in [3.05, 3.63) is 84.2 Å². The molecule has 5 heteroatoms. The zero-order valence-electron chi connectivity index (χ0n) is 15.8. The molecule has 1 fully saturated rings. The van der Waals surface area contributed by atoms with Gasteiger partial charge in [-0.3, -0.25) is 5.41 Å². The van der Waals surface area contributed by atoms with E-state index in [1.807, 2.05) is 48.5 Å². The maximum atomic E-state index is 11.0. The summed E-state index contributed by atoms with van der Waals surface area (Å²) in [6, 6.07) is 20.0. The summed E-state index contributed by atoms with van der Waals surface area (Å²) >= 11 is 0. The fourth-order valence-corrected chi connectivity index (χ4v) is 3.86. The van der Waals surface area contributed by atoms with Crippen LogP contribution < -0.4 is 0 Å². The predicted molar refractivity (Wildman–Crippen MR) is 110 cm³/mol. The molecule has 3 aromatic rings. The van der Waals surface area contributed by atoms with Crippen LogP contribution in [-0.2, 0) is 6.42 Å². The summed E-state index contributed by atoms with van der Waals surface area (Å²) in [5.74, 6) is 0.495. The number of nitrogens with zero attached hydrogens (tertiary/aromatic N) is 3. The van der Waals surface area contributed by atoms with Crippen molar-refractivity contribution < 1.29 is 5.11 Å². The summed E-state index contributed by atoms with van der Waals surface area (Å²) in [6.07, 6.45) is 5.36. The van der Waals surface area contributed by atoms with Gasteiger partial charge in [0.25, 0.3) is 0 Å². The largest absolute Gasteiger partial charge is 0.389 e. The molecular formula is C23H24N4O. The molecule has 1 saturated heterocycles. The lowest BCUT2D eigenvalue weighted by atomic mass is 9.85. The van der Waals surface area contributed by atoms with Crippen LogP contribution in [0.2, 0.25) is 0 Å². The zero-order valence-corrected chi connectivity index (χ0v) is 15.8. The Hall–Kier alpha value is -3.05. The SMILES string of the molecule is N=C(c1ccccc1-c1ccnnc1)N1CCC(O)(Cc2ccccc2)CC1. The van der Waals surface area contributed by atoms with Crippen LogP contribution in [0.5, 0.6) is 0 Å². The Morgan fingerprint density at radius 2 is 1.68 bits per heavy atom. The molecule has 0 saturated carbocycles. The minimum absolute atomic E-state index is 0.495. The highest BCUT2D eigenvalue weighted by molar-refractivity contribution is 6.02. The summed E-state index contributed by atoms with van der Waals surface area (Å²) < 4.78 is 0. The molecule has 28 heavy (non-hydrogen) atoms. The van der Waals surface area contributed by atoms with E-state index in [0.717, 1.165) is 22.3 Å². The number of likely N-dealkylation sites (tertiary alicyclic amines) is 1. The van der Waals surface area contributed by atoms with Crippen LogP contribution in [0.15, 0.2) is 73.1 Å². The second-order valence-electron chi connectivity index (χ2n) is 7.40. The smallest absolute Gasteiger partial charge is 0.128 e. The Bertz CT molecular complexity index is 935. The Balaban J connectivity index is 1.48. The number of hydrogen-bond acceptors (Lipinski definition) is 4. The molecular weight excluding hydrogens is 348 g/mol. The number of rotatable bonds is 4. The maximum absolute atomic E-state index is 11.0. The molecule has 0 atom stereocenters. The lowest BCUT2D eigenvalue weighted by Gasteiger charge is -2.39. The van der Waals surface area contributed by atoms with Gasteiger partial charge in [-0.25, -0.2) is 0 Å². The summed E-state index contributed by atoms with van der Waals surface area (Å²) in [7, 11) is 0. The number of amidine groups is 1. The molecule has 0 unspecified atom stereocenters. The second-order valence-corrected chi connectivity index (χ2v) is 7.40. The van der Waals surface area contributed by atoms with Gasteiger partial charge in [-0.15, -0.1) is 0 Å². The van der Waals surface area contributed by atoms with Gasteiger partial charge in [0.2, 0.25) is 0 Å². The predicted octanol–water partition coefficient (Wildman–Crippen LogP) is 3.54. The number of benzene rings is 2. The van der Waals surface area contributed by atoms with Crippen molar-refractivity contribution in [2.45, 2.75) is 24.9 Å². The molecule has 2 N–H and O–H groups in total. The number of nitrogens with one attached hydrogen (secondary N) is 1. The average Bonchev–Trinajstić information content (AvgIpc) is 2.75. The quantitative estimate of drug-likeness (QED) is 0.543. The van der Waals surface area contributed by atoms with E-state index in [1.165, 1.54) is 0 Å². The van der Waals surface area contributed by atoms with Gasteiger partial charge in [0.05, 0.1) is 18.0 Å². The van der Waals surface area contributed by atoms with E-state index in [9.17, 15) is 5.11 Å². The molecule has 0 aliphatic carbocycles. The molecule has 0 amide bonds.